The lowest BCUT2D eigenvalue weighted by Crippen LogP contribution is -2.31. The SMILES string of the molecule is COc1cc(OC)c(C2SCCN2C(=O)c2cc(=O)c3ccccc3o2)cc1OC. The van der Waals surface area contributed by atoms with Crippen molar-refractivity contribution in [1.82, 2.24) is 4.90 Å². The van der Waals surface area contributed by atoms with E-state index >= 15 is 0 Å². The second-order valence-corrected chi connectivity index (χ2v) is 7.83. The van der Waals surface area contributed by atoms with Crippen molar-refractivity contribution in [3.05, 3.63) is 64.0 Å². The molecule has 4 rings (SSSR count). The zero-order chi connectivity index (χ0) is 21.3. The van der Waals surface area contributed by atoms with Crippen LogP contribution in [-0.2, 0) is 0 Å². The van der Waals surface area contributed by atoms with E-state index in [0.717, 1.165) is 11.3 Å². The maximum Gasteiger partial charge on any atom is 0.290 e. The molecular formula is C22H21NO6S. The highest BCUT2D eigenvalue weighted by atomic mass is 32.2. The minimum absolute atomic E-state index is 0.0191. The van der Waals surface area contributed by atoms with Gasteiger partial charge in [0.05, 0.1) is 26.7 Å². The molecule has 0 N–H and O–H groups in total. The first-order valence-corrected chi connectivity index (χ1v) is 10.4. The lowest BCUT2D eigenvalue weighted by molar-refractivity contribution is 0.0727. The highest BCUT2D eigenvalue weighted by molar-refractivity contribution is 7.99. The van der Waals surface area contributed by atoms with Gasteiger partial charge in [-0.05, 0) is 18.2 Å². The number of hydrogen-bond acceptors (Lipinski definition) is 7. The Bertz CT molecular complexity index is 1160. The number of methoxy groups -OCH3 is 3. The Labute approximate surface area is 177 Å². The van der Waals surface area contributed by atoms with Crippen LogP contribution >= 0.6 is 11.8 Å². The summed E-state index contributed by atoms with van der Waals surface area (Å²) >= 11 is 1.61. The van der Waals surface area contributed by atoms with Gasteiger partial charge >= 0.3 is 0 Å². The second kappa shape index (κ2) is 8.31. The smallest absolute Gasteiger partial charge is 0.290 e. The zero-order valence-electron chi connectivity index (χ0n) is 16.8. The van der Waals surface area contributed by atoms with Gasteiger partial charge in [-0.15, -0.1) is 11.8 Å². The van der Waals surface area contributed by atoms with Gasteiger partial charge in [0, 0.05) is 30.0 Å². The summed E-state index contributed by atoms with van der Waals surface area (Å²) in [6, 6.07) is 11.7. The number of benzene rings is 2. The van der Waals surface area contributed by atoms with Crippen molar-refractivity contribution in [2.75, 3.05) is 33.6 Å². The first kappa shape index (κ1) is 20.2. The number of para-hydroxylation sites is 1. The molecule has 7 nitrogen and oxygen atoms in total. The van der Waals surface area contributed by atoms with Gasteiger partial charge in [0.25, 0.3) is 5.91 Å². The van der Waals surface area contributed by atoms with Gasteiger partial charge in [-0.3, -0.25) is 9.59 Å². The maximum atomic E-state index is 13.3. The third-order valence-electron chi connectivity index (χ3n) is 5.00. The molecule has 1 aliphatic heterocycles. The quantitative estimate of drug-likeness (QED) is 0.614. The van der Waals surface area contributed by atoms with Gasteiger partial charge in [0.15, 0.2) is 22.7 Å². The number of fused-ring (bicyclic) bond motifs is 1. The Kier molecular flexibility index (Phi) is 5.59. The van der Waals surface area contributed by atoms with Crippen molar-refractivity contribution < 1.29 is 23.4 Å². The fourth-order valence-corrected chi connectivity index (χ4v) is 4.80. The normalized spacial score (nSPS) is 16.0. The van der Waals surface area contributed by atoms with E-state index in [0.29, 0.717) is 34.8 Å². The third-order valence-corrected chi connectivity index (χ3v) is 6.24. The summed E-state index contributed by atoms with van der Waals surface area (Å²) in [6.07, 6.45) is 0. The Balaban J connectivity index is 1.74. The number of carbonyl (C=O) groups is 1. The van der Waals surface area contributed by atoms with Crippen molar-refractivity contribution >= 4 is 28.6 Å². The molecule has 2 heterocycles. The molecular weight excluding hydrogens is 406 g/mol. The predicted molar refractivity (Wildman–Crippen MR) is 115 cm³/mol. The van der Waals surface area contributed by atoms with E-state index in [4.69, 9.17) is 18.6 Å². The molecule has 2 aromatic carbocycles. The van der Waals surface area contributed by atoms with Gasteiger partial charge in [0.2, 0.25) is 0 Å². The number of ether oxygens (including phenoxy) is 3. The molecule has 0 saturated carbocycles. The summed E-state index contributed by atoms with van der Waals surface area (Å²) in [6.45, 7) is 0.516. The van der Waals surface area contributed by atoms with E-state index < -0.39 is 0 Å². The lowest BCUT2D eigenvalue weighted by atomic mass is 10.1. The van der Waals surface area contributed by atoms with Crippen LogP contribution in [0.3, 0.4) is 0 Å². The molecule has 1 saturated heterocycles. The number of nitrogens with zero attached hydrogens (tertiary/aromatic N) is 1. The standard InChI is InChI=1S/C22H21NO6S/c1-26-17-12-19(28-3)18(27-2)10-14(17)22-23(8-9-30-22)21(25)20-11-15(24)13-6-4-5-7-16(13)29-20/h4-7,10-12,22H,8-9H2,1-3H3. The number of thioether (sulfide) groups is 1. The third kappa shape index (κ3) is 3.47. The highest BCUT2D eigenvalue weighted by Gasteiger charge is 2.35. The summed E-state index contributed by atoms with van der Waals surface area (Å²) < 4.78 is 22.1. The maximum absolute atomic E-state index is 13.3. The van der Waals surface area contributed by atoms with Gasteiger partial charge in [0.1, 0.15) is 16.7 Å². The number of hydrogen-bond donors (Lipinski definition) is 0. The Morgan fingerprint density at radius 1 is 1.03 bits per heavy atom. The monoisotopic (exact) mass is 427 g/mol. The first-order valence-electron chi connectivity index (χ1n) is 9.32. The summed E-state index contributed by atoms with van der Waals surface area (Å²) in [5.41, 5.74) is 0.932. The molecule has 8 heteroatoms. The largest absolute Gasteiger partial charge is 0.496 e. The molecule has 1 atom stereocenters. The zero-order valence-corrected chi connectivity index (χ0v) is 17.7. The molecule has 0 aliphatic carbocycles. The van der Waals surface area contributed by atoms with Crippen LogP contribution in [0, 0.1) is 0 Å². The van der Waals surface area contributed by atoms with Crippen LogP contribution in [-0.4, -0.2) is 44.4 Å². The fourth-order valence-electron chi connectivity index (χ4n) is 3.53. The minimum Gasteiger partial charge on any atom is -0.496 e. The van der Waals surface area contributed by atoms with Crippen molar-refractivity contribution in [2.45, 2.75) is 5.37 Å². The molecule has 1 aromatic heterocycles. The Morgan fingerprint density at radius 2 is 1.73 bits per heavy atom. The van der Waals surface area contributed by atoms with Gasteiger partial charge < -0.3 is 23.5 Å². The molecule has 0 radical (unpaired) electrons. The van der Waals surface area contributed by atoms with Gasteiger partial charge in [-0.25, -0.2) is 0 Å². The predicted octanol–water partition coefficient (Wildman–Crippen LogP) is 3.71. The van der Waals surface area contributed by atoms with Crippen molar-refractivity contribution in [2.24, 2.45) is 0 Å². The Morgan fingerprint density at radius 3 is 2.47 bits per heavy atom. The molecule has 1 amide bonds. The molecule has 1 fully saturated rings. The fraction of sp³-hybridized carbons (Fsp3) is 0.273. The van der Waals surface area contributed by atoms with Gasteiger partial charge in [-0.2, -0.15) is 0 Å². The van der Waals surface area contributed by atoms with Crippen LogP contribution in [0.5, 0.6) is 17.2 Å². The average molecular weight is 427 g/mol. The van der Waals surface area contributed by atoms with Crippen LogP contribution in [0.25, 0.3) is 11.0 Å². The summed E-state index contributed by atoms with van der Waals surface area (Å²) in [5, 5.41) is 0.131. The van der Waals surface area contributed by atoms with Gasteiger partial charge in [-0.1, -0.05) is 12.1 Å². The molecule has 0 bridgehead atoms. The molecule has 30 heavy (non-hydrogen) atoms. The van der Waals surface area contributed by atoms with Crippen LogP contribution < -0.4 is 19.6 Å². The van der Waals surface area contributed by atoms with E-state index in [-0.39, 0.29) is 22.5 Å². The second-order valence-electron chi connectivity index (χ2n) is 6.64. The Hall–Kier alpha value is -3.13. The number of amides is 1. The lowest BCUT2D eigenvalue weighted by Gasteiger charge is -2.26. The highest BCUT2D eigenvalue weighted by Crippen LogP contribution is 2.46. The first-order chi connectivity index (χ1) is 14.6. The number of rotatable bonds is 5. The van der Waals surface area contributed by atoms with E-state index in [2.05, 4.69) is 0 Å². The summed E-state index contributed by atoms with van der Waals surface area (Å²) in [5.74, 6) is 2.09. The van der Waals surface area contributed by atoms with Crippen LogP contribution in [0.2, 0.25) is 0 Å². The van der Waals surface area contributed by atoms with Crippen LogP contribution in [0.1, 0.15) is 21.5 Å². The van der Waals surface area contributed by atoms with Crippen molar-refractivity contribution in [1.29, 1.82) is 0 Å². The average Bonchev–Trinajstić information content (AvgIpc) is 3.27. The molecule has 0 spiro atoms. The summed E-state index contributed by atoms with van der Waals surface area (Å²) in [4.78, 5) is 27.4. The van der Waals surface area contributed by atoms with E-state index in [9.17, 15) is 9.59 Å². The van der Waals surface area contributed by atoms with Crippen molar-refractivity contribution in [3.8, 4) is 17.2 Å². The molecule has 1 aliphatic rings. The van der Waals surface area contributed by atoms with Crippen LogP contribution in [0.15, 0.2) is 51.7 Å². The van der Waals surface area contributed by atoms with Crippen molar-refractivity contribution in [3.63, 3.8) is 0 Å². The minimum atomic E-state index is -0.343. The van der Waals surface area contributed by atoms with E-state index in [1.807, 2.05) is 6.07 Å². The molecule has 1 unspecified atom stereocenters. The molecule has 156 valence electrons. The van der Waals surface area contributed by atoms with Crippen LogP contribution in [0.4, 0.5) is 0 Å². The summed E-state index contributed by atoms with van der Waals surface area (Å²) in [7, 11) is 4.68. The van der Waals surface area contributed by atoms with E-state index in [1.54, 1.807) is 68.3 Å². The molecule has 3 aromatic rings. The topological polar surface area (TPSA) is 78.2 Å². The van der Waals surface area contributed by atoms with E-state index in [1.165, 1.54) is 6.07 Å². The number of carbonyl (C=O) groups excluding carboxylic acids is 1.